The van der Waals surface area contributed by atoms with E-state index in [9.17, 15) is 19.8 Å². The van der Waals surface area contributed by atoms with E-state index in [4.69, 9.17) is 0 Å². The molecule has 25 heavy (non-hydrogen) atoms. The second-order valence-electron chi connectivity index (χ2n) is 9.42. The molecule has 4 rings (SSSR count). The van der Waals surface area contributed by atoms with E-state index in [1.54, 1.807) is 0 Å². The smallest absolute Gasteiger partial charge is 0.161 e. The first kappa shape index (κ1) is 17.4. The normalized spacial score (nSPS) is 49.0. The molecular weight excluding hydrogens is 316 g/mol. The van der Waals surface area contributed by atoms with Gasteiger partial charge in [0.25, 0.3) is 0 Å². The van der Waals surface area contributed by atoms with E-state index in [1.165, 1.54) is 5.57 Å². The Labute approximate surface area is 149 Å². The molecule has 0 saturated heterocycles. The number of rotatable bonds is 2. The number of fused-ring (bicyclic) bond motifs is 5. The zero-order chi connectivity index (χ0) is 18.0. The molecule has 138 valence electrons. The number of aliphatic hydroxyl groups excluding tert-OH is 2. The first-order chi connectivity index (χ1) is 11.8. The van der Waals surface area contributed by atoms with Crippen molar-refractivity contribution in [1.29, 1.82) is 0 Å². The molecule has 4 aliphatic carbocycles. The Hall–Kier alpha value is -1.00. The molecule has 0 unspecified atom stereocenters. The van der Waals surface area contributed by atoms with Gasteiger partial charge in [0.15, 0.2) is 11.6 Å². The molecule has 7 atom stereocenters. The summed E-state index contributed by atoms with van der Waals surface area (Å²) in [6.45, 7) is 4.03. The number of carbonyl (C=O) groups excluding carboxylic acids is 2. The fourth-order valence-corrected chi connectivity index (χ4v) is 7.33. The zero-order valence-corrected chi connectivity index (χ0v) is 15.3. The van der Waals surface area contributed by atoms with Crippen LogP contribution in [0.4, 0.5) is 0 Å². The summed E-state index contributed by atoms with van der Waals surface area (Å²) in [6, 6.07) is 0. The summed E-state index contributed by atoms with van der Waals surface area (Å²) in [7, 11) is 0. The van der Waals surface area contributed by atoms with Gasteiger partial charge in [-0.1, -0.05) is 19.4 Å². The maximum Gasteiger partial charge on any atom is 0.161 e. The molecule has 0 aromatic rings. The number of allylic oxidation sites excluding steroid dienone is 1. The molecule has 0 aromatic heterocycles. The summed E-state index contributed by atoms with van der Waals surface area (Å²) in [5, 5.41) is 20.5. The van der Waals surface area contributed by atoms with Gasteiger partial charge in [0, 0.05) is 12.3 Å². The molecule has 0 heterocycles. The molecule has 3 fully saturated rings. The van der Waals surface area contributed by atoms with E-state index in [2.05, 4.69) is 13.8 Å². The summed E-state index contributed by atoms with van der Waals surface area (Å²) in [5.74, 6) is 1.12. The van der Waals surface area contributed by atoms with E-state index in [-0.39, 0.29) is 40.8 Å². The lowest BCUT2D eigenvalue weighted by Crippen LogP contribution is -2.57. The van der Waals surface area contributed by atoms with Gasteiger partial charge in [-0.2, -0.15) is 0 Å². The van der Waals surface area contributed by atoms with Crippen molar-refractivity contribution in [2.24, 2.45) is 34.5 Å². The molecule has 4 aliphatic rings. The van der Waals surface area contributed by atoms with Crippen LogP contribution in [0.5, 0.6) is 0 Å². The van der Waals surface area contributed by atoms with Crippen molar-refractivity contribution in [3.63, 3.8) is 0 Å². The maximum absolute atomic E-state index is 12.3. The van der Waals surface area contributed by atoms with Crippen LogP contribution in [0.2, 0.25) is 0 Å². The number of aliphatic hydroxyl groups is 2. The molecule has 0 radical (unpaired) electrons. The Morgan fingerprint density at radius 2 is 2.00 bits per heavy atom. The quantitative estimate of drug-likeness (QED) is 0.806. The molecular formula is C21H30O4. The molecule has 3 saturated carbocycles. The average Bonchev–Trinajstić information content (AvgIpc) is 2.91. The average molecular weight is 346 g/mol. The van der Waals surface area contributed by atoms with E-state index < -0.39 is 6.10 Å². The minimum absolute atomic E-state index is 0.0541. The molecule has 0 spiro atoms. The Kier molecular flexibility index (Phi) is 4.01. The molecule has 0 aliphatic heterocycles. The topological polar surface area (TPSA) is 74.6 Å². The minimum atomic E-state index is -0.430. The zero-order valence-electron chi connectivity index (χ0n) is 15.3. The van der Waals surface area contributed by atoms with Gasteiger partial charge in [-0.25, -0.2) is 0 Å². The lowest BCUT2D eigenvalue weighted by Gasteiger charge is -2.59. The lowest BCUT2D eigenvalue weighted by molar-refractivity contribution is -0.146. The number of Topliss-reactive ketones (excluding diaryl/α,β-unsaturated/α-hetero) is 1. The Balaban J connectivity index is 1.70. The number of hydrogen-bond acceptors (Lipinski definition) is 4. The highest BCUT2D eigenvalue weighted by Crippen LogP contribution is 2.66. The van der Waals surface area contributed by atoms with Gasteiger partial charge in [-0.15, -0.1) is 0 Å². The lowest BCUT2D eigenvalue weighted by atomic mass is 9.46. The highest BCUT2D eigenvalue weighted by molar-refractivity contribution is 5.91. The molecule has 0 bridgehead atoms. The van der Waals surface area contributed by atoms with Crippen molar-refractivity contribution in [2.45, 2.75) is 64.9 Å². The van der Waals surface area contributed by atoms with Crippen LogP contribution in [0.15, 0.2) is 11.6 Å². The second-order valence-corrected chi connectivity index (χ2v) is 9.42. The van der Waals surface area contributed by atoms with Crippen LogP contribution in [-0.2, 0) is 9.59 Å². The molecule has 0 aromatic carbocycles. The Bertz CT molecular complexity index is 638. The van der Waals surface area contributed by atoms with E-state index in [1.807, 2.05) is 6.08 Å². The van der Waals surface area contributed by atoms with Gasteiger partial charge >= 0.3 is 0 Å². The standard InChI is InChI=1S/C21H30O4/c1-20-8-7-13(23)9-12(20)3-4-14-15-5-6-16(18(25)11-22)21(15,2)10-17(24)19(14)20/h9,14-17,19,22,24H,3-8,10-11H2,1-2H3/t14-,15-,16-,17-,19+,20-,21-/m0/s1. The van der Waals surface area contributed by atoms with Crippen molar-refractivity contribution in [1.82, 2.24) is 0 Å². The second kappa shape index (κ2) is 5.75. The van der Waals surface area contributed by atoms with Gasteiger partial charge in [0.05, 0.1) is 6.10 Å². The van der Waals surface area contributed by atoms with Gasteiger partial charge in [-0.3, -0.25) is 9.59 Å². The van der Waals surface area contributed by atoms with Crippen LogP contribution < -0.4 is 0 Å². The van der Waals surface area contributed by atoms with Gasteiger partial charge < -0.3 is 10.2 Å². The highest BCUT2D eigenvalue weighted by atomic mass is 16.3. The van der Waals surface area contributed by atoms with Crippen LogP contribution in [0.25, 0.3) is 0 Å². The molecule has 0 amide bonds. The third kappa shape index (κ3) is 2.33. The SMILES string of the molecule is C[C@]12C[C@H](O)[C@H]3[C@@H](CCC4=CC(=O)CC[C@@]43C)[C@@H]1CC[C@H]2C(=O)CO. The predicted octanol–water partition coefficient (Wildman–Crippen LogP) is 2.67. The van der Waals surface area contributed by atoms with Crippen molar-refractivity contribution >= 4 is 11.6 Å². The Morgan fingerprint density at radius 3 is 2.72 bits per heavy atom. The number of hydrogen-bond donors (Lipinski definition) is 2. The third-order valence-corrected chi connectivity index (χ3v) is 8.44. The fourth-order valence-electron chi connectivity index (χ4n) is 7.33. The molecule has 4 nitrogen and oxygen atoms in total. The molecule has 4 heteroatoms. The summed E-state index contributed by atoms with van der Waals surface area (Å²) in [4.78, 5) is 24.2. The summed E-state index contributed by atoms with van der Waals surface area (Å²) in [5.41, 5.74) is 0.979. The summed E-state index contributed by atoms with van der Waals surface area (Å²) < 4.78 is 0. The van der Waals surface area contributed by atoms with Crippen LogP contribution in [0.1, 0.15) is 58.8 Å². The third-order valence-electron chi connectivity index (χ3n) is 8.44. The van der Waals surface area contributed by atoms with Crippen molar-refractivity contribution < 1.29 is 19.8 Å². The number of ketones is 2. The van der Waals surface area contributed by atoms with E-state index in [0.29, 0.717) is 24.7 Å². The minimum Gasteiger partial charge on any atom is -0.393 e. The van der Waals surface area contributed by atoms with Crippen molar-refractivity contribution in [3.05, 3.63) is 11.6 Å². The monoisotopic (exact) mass is 346 g/mol. The van der Waals surface area contributed by atoms with Crippen LogP contribution in [-0.4, -0.2) is 34.5 Å². The van der Waals surface area contributed by atoms with E-state index >= 15 is 0 Å². The summed E-state index contributed by atoms with van der Waals surface area (Å²) >= 11 is 0. The van der Waals surface area contributed by atoms with Crippen LogP contribution in [0, 0.1) is 34.5 Å². The van der Waals surface area contributed by atoms with Gasteiger partial charge in [0.1, 0.15) is 6.61 Å². The maximum atomic E-state index is 12.3. The van der Waals surface area contributed by atoms with Crippen molar-refractivity contribution in [2.75, 3.05) is 6.61 Å². The van der Waals surface area contributed by atoms with Crippen LogP contribution >= 0.6 is 0 Å². The Morgan fingerprint density at radius 1 is 1.24 bits per heavy atom. The van der Waals surface area contributed by atoms with Gasteiger partial charge in [-0.05, 0) is 73.2 Å². The first-order valence-corrected chi connectivity index (χ1v) is 9.87. The van der Waals surface area contributed by atoms with Gasteiger partial charge in [0.2, 0.25) is 0 Å². The predicted molar refractivity (Wildman–Crippen MR) is 93.7 cm³/mol. The molecule has 2 N–H and O–H groups in total. The number of carbonyl (C=O) groups is 2. The highest BCUT2D eigenvalue weighted by Gasteiger charge is 2.62. The first-order valence-electron chi connectivity index (χ1n) is 9.87. The van der Waals surface area contributed by atoms with Crippen molar-refractivity contribution in [3.8, 4) is 0 Å². The van der Waals surface area contributed by atoms with Crippen LogP contribution in [0.3, 0.4) is 0 Å². The van der Waals surface area contributed by atoms with E-state index in [0.717, 1.165) is 32.1 Å². The summed E-state index contributed by atoms with van der Waals surface area (Å²) in [6.07, 6.45) is 7.32. The largest absolute Gasteiger partial charge is 0.393 e. The fraction of sp³-hybridized carbons (Fsp3) is 0.810.